The zero-order chi connectivity index (χ0) is 13.9. The third kappa shape index (κ3) is 2.15. The second kappa shape index (κ2) is 5.14. The lowest BCUT2D eigenvalue weighted by Gasteiger charge is -2.03. The number of benzene rings is 1. The smallest absolute Gasteiger partial charge is 0.230 e. The molecule has 3 rings (SSSR count). The number of nitrogens with two attached hydrogens (primary N) is 2. The molecule has 3 aromatic rings. The van der Waals surface area contributed by atoms with Crippen molar-refractivity contribution in [2.75, 3.05) is 5.73 Å². The molecular formula is C15H14N4O. The minimum Gasteiger partial charge on any atom is -0.367 e. The normalized spacial score (nSPS) is 10.7. The number of hydrogen-bond acceptors (Lipinski definition) is 5. The molecule has 0 spiro atoms. The summed E-state index contributed by atoms with van der Waals surface area (Å²) in [5.74, 6) is 0.300. The molecule has 0 bridgehead atoms. The zero-order valence-corrected chi connectivity index (χ0v) is 10.8. The molecule has 0 aliphatic carbocycles. The lowest BCUT2D eigenvalue weighted by Crippen LogP contribution is -1.95. The van der Waals surface area contributed by atoms with Gasteiger partial charge in [-0.05, 0) is 23.3 Å². The van der Waals surface area contributed by atoms with Crippen LogP contribution < -0.4 is 11.5 Å². The highest BCUT2D eigenvalue weighted by atomic mass is 16.5. The second-order valence-electron chi connectivity index (χ2n) is 4.41. The summed E-state index contributed by atoms with van der Waals surface area (Å²) in [6, 6.07) is 11.6. The van der Waals surface area contributed by atoms with Crippen LogP contribution in [-0.4, -0.2) is 10.1 Å². The number of anilines is 1. The van der Waals surface area contributed by atoms with Crippen molar-refractivity contribution in [3.05, 3.63) is 54.4 Å². The third-order valence-corrected chi connectivity index (χ3v) is 3.15. The summed E-state index contributed by atoms with van der Waals surface area (Å²) in [7, 11) is 0. The second-order valence-corrected chi connectivity index (χ2v) is 4.41. The molecule has 1 aromatic carbocycles. The van der Waals surface area contributed by atoms with Crippen LogP contribution in [0.4, 0.5) is 5.88 Å². The van der Waals surface area contributed by atoms with Gasteiger partial charge in [0.2, 0.25) is 5.88 Å². The van der Waals surface area contributed by atoms with Crippen molar-refractivity contribution >= 4 is 5.88 Å². The Hall–Kier alpha value is -2.66. The Morgan fingerprint density at radius 1 is 0.950 bits per heavy atom. The van der Waals surface area contributed by atoms with E-state index in [0.29, 0.717) is 12.4 Å². The minimum atomic E-state index is 0.300. The number of nitrogens with zero attached hydrogens (tertiary/aromatic N) is 2. The van der Waals surface area contributed by atoms with Gasteiger partial charge in [0.25, 0.3) is 0 Å². The molecule has 0 unspecified atom stereocenters. The van der Waals surface area contributed by atoms with Crippen LogP contribution in [0.15, 0.2) is 53.3 Å². The van der Waals surface area contributed by atoms with Crippen LogP contribution in [0.3, 0.4) is 0 Å². The largest absolute Gasteiger partial charge is 0.367 e. The van der Waals surface area contributed by atoms with Crippen molar-refractivity contribution in [3.8, 4) is 22.4 Å². The predicted molar refractivity (Wildman–Crippen MR) is 77.5 cm³/mol. The summed E-state index contributed by atoms with van der Waals surface area (Å²) >= 11 is 0. The van der Waals surface area contributed by atoms with Crippen LogP contribution in [0.5, 0.6) is 0 Å². The molecule has 0 atom stereocenters. The Labute approximate surface area is 116 Å². The van der Waals surface area contributed by atoms with E-state index in [4.69, 9.17) is 16.0 Å². The highest BCUT2D eigenvalue weighted by Gasteiger charge is 2.17. The molecule has 0 fully saturated rings. The molecule has 0 saturated carbocycles. The Morgan fingerprint density at radius 3 is 2.30 bits per heavy atom. The zero-order valence-electron chi connectivity index (χ0n) is 10.8. The molecule has 0 saturated heterocycles. The molecule has 0 aliphatic heterocycles. The molecule has 20 heavy (non-hydrogen) atoms. The van der Waals surface area contributed by atoms with E-state index in [1.165, 1.54) is 0 Å². The topological polar surface area (TPSA) is 91.0 Å². The van der Waals surface area contributed by atoms with Gasteiger partial charge in [-0.1, -0.05) is 29.4 Å². The van der Waals surface area contributed by atoms with E-state index in [-0.39, 0.29) is 0 Å². The molecule has 0 aliphatic rings. The SMILES string of the molecule is NCc1ccc(-c2noc(N)c2-c2ccncc2)cc1. The van der Waals surface area contributed by atoms with Crippen molar-refractivity contribution < 1.29 is 4.52 Å². The monoisotopic (exact) mass is 266 g/mol. The van der Waals surface area contributed by atoms with Crippen molar-refractivity contribution in [1.82, 2.24) is 10.1 Å². The molecule has 2 heterocycles. The fourth-order valence-corrected chi connectivity index (χ4v) is 2.10. The Bertz CT molecular complexity index is 704. The van der Waals surface area contributed by atoms with Gasteiger partial charge in [-0.15, -0.1) is 0 Å². The van der Waals surface area contributed by atoms with Crippen LogP contribution in [0.1, 0.15) is 5.56 Å². The maximum atomic E-state index is 5.90. The van der Waals surface area contributed by atoms with E-state index in [9.17, 15) is 0 Å². The van der Waals surface area contributed by atoms with Crippen LogP contribution in [0.25, 0.3) is 22.4 Å². The summed E-state index contributed by atoms with van der Waals surface area (Å²) in [6.45, 7) is 0.512. The maximum Gasteiger partial charge on any atom is 0.230 e. The first-order valence-corrected chi connectivity index (χ1v) is 6.24. The molecule has 2 aromatic heterocycles. The van der Waals surface area contributed by atoms with Crippen molar-refractivity contribution in [3.63, 3.8) is 0 Å². The lowest BCUT2D eigenvalue weighted by molar-refractivity contribution is 0.439. The van der Waals surface area contributed by atoms with Crippen LogP contribution in [0, 0.1) is 0 Å². The van der Waals surface area contributed by atoms with Gasteiger partial charge in [0.15, 0.2) is 0 Å². The first kappa shape index (κ1) is 12.4. The van der Waals surface area contributed by atoms with E-state index in [1.807, 2.05) is 36.4 Å². The Kier molecular flexibility index (Phi) is 3.18. The van der Waals surface area contributed by atoms with Gasteiger partial charge in [0.05, 0.1) is 5.56 Å². The molecule has 5 nitrogen and oxygen atoms in total. The van der Waals surface area contributed by atoms with Gasteiger partial charge in [-0.3, -0.25) is 4.98 Å². The number of nitrogen functional groups attached to an aromatic ring is 1. The number of pyridine rings is 1. The number of rotatable bonds is 3. The third-order valence-electron chi connectivity index (χ3n) is 3.15. The highest BCUT2D eigenvalue weighted by Crippen LogP contribution is 2.35. The van der Waals surface area contributed by atoms with Crippen molar-refractivity contribution in [1.29, 1.82) is 0 Å². The van der Waals surface area contributed by atoms with Crippen molar-refractivity contribution in [2.45, 2.75) is 6.54 Å². The van der Waals surface area contributed by atoms with Gasteiger partial charge < -0.3 is 16.0 Å². The molecular weight excluding hydrogens is 252 g/mol. The Morgan fingerprint density at radius 2 is 1.65 bits per heavy atom. The maximum absolute atomic E-state index is 5.90. The van der Waals surface area contributed by atoms with E-state index >= 15 is 0 Å². The summed E-state index contributed by atoms with van der Waals surface area (Å²) < 4.78 is 5.14. The highest BCUT2D eigenvalue weighted by molar-refractivity contribution is 5.86. The van der Waals surface area contributed by atoms with Gasteiger partial charge in [0.1, 0.15) is 5.69 Å². The Balaban J connectivity index is 2.11. The van der Waals surface area contributed by atoms with Gasteiger partial charge >= 0.3 is 0 Å². The van der Waals surface area contributed by atoms with Crippen LogP contribution >= 0.6 is 0 Å². The number of aromatic nitrogens is 2. The predicted octanol–water partition coefficient (Wildman–Crippen LogP) is 2.44. The van der Waals surface area contributed by atoms with Crippen LogP contribution in [0.2, 0.25) is 0 Å². The average molecular weight is 266 g/mol. The van der Waals surface area contributed by atoms with E-state index in [1.54, 1.807) is 12.4 Å². The van der Waals surface area contributed by atoms with E-state index in [0.717, 1.165) is 27.9 Å². The molecule has 0 radical (unpaired) electrons. The van der Waals surface area contributed by atoms with Gasteiger partial charge in [-0.25, -0.2) is 0 Å². The summed E-state index contributed by atoms with van der Waals surface area (Å²) in [5, 5.41) is 4.07. The first-order valence-electron chi connectivity index (χ1n) is 6.24. The lowest BCUT2D eigenvalue weighted by atomic mass is 10.0. The fourth-order valence-electron chi connectivity index (χ4n) is 2.10. The van der Waals surface area contributed by atoms with Gasteiger partial charge in [0, 0.05) is 24.5 Å². The van der Waals surface area contributed by atoms with Crippen molar-refractivity contribution in [2.24, 2.45) is 5.73 Å². The summed E-state index contributed by atoms with van der Waals surface area (Å²) in [6.07, 6.45) is 3.42. The molecule has 100 valence electrons. The minimum absolute atomic E-state index is 0.300. The summed E-state index contributed by atoms with van der Waals surface area (Å²) in [5.41, 5.74) is 15.9. The molecule has 0 amide bonds. The number of hydrogen-bond donors (Lipinski definition) is 2. The molecule has 4 N–H and O–H groups in total. The molecule has 5 heteroatoms. The first-order chi connectivity index (χ1) is 9.79. The summed E-state index contributed by atoms with van der Waals surface area (Å²) in [4.78, 5) is 4.00. The van der Waals surface area contributed by atoms with E-state index in [2.05, 4.69) is 10.1 Å². The quantitative estimate of drug-likeness (QED) is 0.759. The van der Waals surface area contributed by atoms with Crippen LogP contribution in [-0.2, 0) is 6.54 Å². The van der Waals surface area contributed by atoms with Gasteiger partial charge in [-0.2, -0.15) is 0 Å². The standard InChI is InChI=1S/C15H14N4O/c16-9-10-1-3-12(4-2-10)14-13(15(17)20-19-14)11-5-7-18-8-6-11/h1-8H,9,16-17H2. The fraction of sp³-hybridized carbons (Fsp3) is 0.0667. The van der Waals surface area contributed by atoms with E-state index < -0.39 is 0 Å². The average Bonchev–Trinajstić information content (AvgIpc) is 2.90.